The predicted molar refractivity (Wildman–Crippen MR) is 137 cm³/mol. The molecule has 1 saturated heterocycles. The molecular formula is C26H26N4O2S2. The number of anilines is 1. The van der Waals surface area contributed by atoms with Crippen LogP contribution in [0, 0.1) is 0 Å². The Labute approximate surface area is 205 Å². The number of hydrogen-bond donors (Lipinski definition) is 1. The monoisotopic (exact) mass is 490 g/mol. The van der Waals surface area contributed by atoms with Gasteiger partial charge in [-0.1, -0.05) is 36.8 Å². The zero-order valence-corrected chi connectivity index (χ0v) is 20.4. The van der Waals surface area contributed by atoms with Crippen molar-refractivity contribution in [1.82, 2.24) is 15.0 Å². The Bertz CT molecular complexity index is 1340. The highest BCUT2D eigenvalue weighted by atomic mass is 32.2. The molecule has 0 amide bonds. The summed E-state index contributed by atoms with van der Waals surface area (Å²) in [5.74, 6) is 1.22. The molecule has 4 aromatic rings. The van der Waals surface area contributed by atoms with Gasteiger partial charge in [0.25, 0.3) is 0 Å². The lowest BCUT2D eigenvalue weighted by Gasteiger charge is -2.23. The van der Waals surface area contributed by atoms with Crippen molar-refractivity contribution in [2.24, 2.45) is 0 Å². The number of pyridine rings is 1. The van der Waals surface area contributed by atoms with Crippen LogP contribution in [0.15, 0.2) is 53.0 Å². The third kappa shape index (κ3) is 3.93. The van der Waals surface area contributed by atoms with E-state index in [4.69, 9.17) is 15.5 Å². The molecule has 6 nitrogen and oxygen atoms in total. The quantitative estimate of drug-likeness (QED) is 0.394. The van der Waals surface area contributed by atoms with Crippen LogP contribution in [0.4, 0.5) is 5.69 Å². The van der Waals surface area contributed by atoms with Gasteiger partial charge in [-0.3, -0.25) is 4.21 Å². The molecule has 34 heavy (non-hydrogen) atoms. The highest BCUT2D eigenvalue weighted by molar-refractivity contribution is 7.88. The van der Waals surface area contributed by atoms with Crippen molar-refractivity contribution in [2.45, 2.75) is 47.5 Å². The van der Waals surface area contributed by atoms with Gasteiger partial charge in [0.05, 0.1) is 22.2 Å². The van der Waals surface area contributed by atoms with Crippen LogP contribution in [0.25, 0.3) is 32.6 Å². The maximum Gasteiger partial charge on any atom is 0.131 e. The number of hydrogen-bond acceptors (Lipinski definition) is 7. The Morgan fingerprint density at radius 3 is 2.41 bits per heavy atom. The highest BCUT2D eigenvalue weighted by Gasteiger charge is 2.29. The summed E-state index contributed by atoms with van der Waals surface area (Å²) in [5, 5.41) is 1.10. The largest absolute Gasteiger partial charge is 0.396 e. The number of thiophene rings is 1. The summed E-state index contributed by atoms with van der Waals surface area (Å²) in [6, 6.07) is 12.2. The molecule has 0 bridgehead atoms. The van der Waals surface area contributed by atoms with Crippen LogP contribution in [-0.2, 0) is 15.5 Å². The van der Waals surface area contributed by atoms with E-state index in [1.807, 2.05) is 30.6 Å². The normalized spacial score (nSPS) is 18.1. The van der Waals surface area contributed by atoms with Crippen molar-refractivity contribution in [1.29, 1.82) is 0 Å². The second-order valence-electron chi connectivity index (χ2n) is 8.97. The first-order valence-electron chi connectivity index (χ1n) is 11.8. The minimum absolute atomic E-state index is 0.209. The molecular weight excluding hydrogens is 464 g/mol. The van der Waals surface area contributed by atoms with Gasteiger partial charge in [0.2, 0.25) is 0 Å². The summed E-state index contributed by atoms with van der Waals surface area (Å²) < 4.78 is 19.4. The lowest BCUT2D eigenvalue weighted by Crippen LogP contribution is -2.23. The van der Waals surface area contributed by atoms with Crippen molar-refractivity contribution in [3.63, 3.8) is 0 Å². The van der Waals surface area contributed by atoms with Crippen LogP contribution in [0.2, 0.25) is 0 Å². The third-order valence-electron chi connectivity index (χ3n) is 6.84. The van der Waals surface area contributed by atoms with Crippen LogP contribution < -0.4 is 5.73 Å². The average molecular weight is 491 g/mol. The Morgan fingerprint density at radius 1 is 1.00 bits per heavy atom. The Hall–Kier alpha value is -2.68. The molecule has 1 aliphatic heterocycles. The number of nitrogens with two attached hydrogens (primary N) is 1. The fourth-order valence-corrected chi connectivity index (χ4v) is 7.83. The van der Waals surface area contributed by atoms with Gasteiger partial charge in [-0.25, -0.2) is 15.0 Å². The number of nitrogens with zero attached hydrogens (tertiary/aromatic N) is 3. The molecule has 1 atom stereocenters. The minimum Gasteiger partial charge on any atom is -0.396 e. The van der Waals surface area contributed by atoms with E-state index < -0.39 is 10.8 Å². The molecule has 1 unspecified atom stereocenters. The second kappa shape index (κ2) is 9.17. The number of nitrogen functional groups attached to an aromatic ring is 1. The van der Waals surface area contributed by atoms with Crippen molar-refractivity contribution >= 4 is 38.0 Å². The molecule has 0 radical (unpaired) electrons. The summed E-state index contributed by atoms with van der Waals surface area (Å²) in [6.07, 6.45) is 8.79. The molecule has 2 aliphatic rings. The lowest BCUT2D eigenvalue weighted by atomic mass is 9.99. The maximum absolute atomic E-state index is 13.2. The topological polar surface area (TPSA) is 91.0 Å². The van der Waals surface area contributed by atoms with Crippen LogP contribution >= 0.6 is 11.3 Å². The third-order valence-corrected chi connectivity index (χ3v) is 10.1. The molecule has 4 heterocycles. The molecule has 3 aromatic heterocycles. The van der Waals surface area contributed by atoms with Gasteiger partial charge in [0, 0.05) is 47.7 Å². The lowest BCUT2D eigenvalue weighted by molar-refractivity contribution is 0.0836. The van der Waals surface area contributed by atoms with Crippen molar-refractivity contribution in [3.05, 3.63) is 54.6 Å². The molecule has 1 aromatic carbocycles. The molecule has 1 saturated carbocycles. The molecule has 174 valence electrons. The van der Waals surface area contributed by atoms with Gasteiger partial charge < -0.3 is 10.5 Å². The van der Waals surface area contributed by atoms with Crippen LogP contribution in [0.1, 0.15) is 43.8 Å². The minimum atomic E-state index is -1.09. The van der Waals surface area contributed by atoms with Gasteiger partial charge in [-0.2, -0.15) is 0 Å². The van der Waals surface area contributed by atoms with Crippen molar-refractivity contribution < 1.29 is 8.95 Å². The van der Waals surface area contributed by atoms with Crippen LogP contribution in [-0.4, -0.2) is 37.6 Å². The molecule has 8 heteroatoms. The number of ether oxygens (including phenoxy) is 1. The number of fused-ring (bicyclic) bond motifs is 1. The predicted octanol–water partition coefficient (Wildman–Crippen LogP) is 5.56. The van der Waals surface area contributed by atoms with E-state index in [0.717, 1.165) is 88.0 Å². The Kier molecular flexibility index (Phi) is 5.89. The van der Waals surface area contributed by atoms with Crippen molar-refractivity contribution in [2.75, 3.05) is 18.9 Å². The molecule has 0 spiro atoms. The van der Waals surface area contributed by atoms with Gasteiger partial charge in [0.1, 0.15) is 14.9 Å². The van der Waals surface area contributed by atoms with Gasteiger partial charge in [0.15, 0.2) is 0 Å². The van der Waals surface area contributed by atoms with E-state index in [1.165, 1.54) is 11.3 Å². The number of benzene rings is 1. The SMILES string of the molecule is Nc1c(S(=O)C2CCC2)sc2nc(-c3cnc(C4CCOCC4)nc3)cc(-c3ccccc3)c12. The fraction of sp³-hybridized carbons (Fsp3) is 0.346. The second-order valence-corrected chi connectivity index (χ2v) is 11.9. The maximum atomic E-state index is 13.2. The smallest absolute Gasteiger partial charge is 0.131 e. The molecule has 2 fully saturated rings. The summed E-state index contributed by atoms with van der Waals surface area (Å²) in [4.78, 5) is 15.1. The Morgan fingerprint density at radius 2 is 1.74 bits per heavy atom. The van der Waals surface area contributed by atoms with Gasteiger partial charge >= 0.3 is 0 Å². The summed E-state index contributed by atoms with van der Waals surface area (Å²) in [6.45, 7) is 1.53. The molecule has 2 N–H and O–H groups in total. The van der Waals surface area contributed by atoms with Gasteiger partial charge in [-0.05, 0) is 42.9 Å². The van der Waals surface area contributed by atoms with Crippen LogP contribution in [0.3, 0.4) is 0 Å². The summed E-state index contributed by atoms with van der Waals surface area (Å²) in [7, 11) is -1.09. The molecule has 6 rings (SSSR count). The highest BCUT2D eigenvalue weighted by Crippen LogP contribution is 2.44. The zero-order valence-electron chi connectivity index (χ0n) is 18.8. The first kappa shape index (κ1) is 21.8. The van der Waals surface area contributed by atoms with E-state index in [0.29, 0.717) is 11.6 Å². The number of aromatic nitrogens is 3. The summed E-state index contributed by atoms with van der Waals surface area (Å²) in [5.41, 5.74) is 11.0. The van der Waals surface area contributed by atoms with Gasteiger partial charge in [-0.15, -0.1) is 11.3 Å². The van der Waals surface area contributed by atoms with E-state index in [-0.39, 0.29) is 5.25 Å². The number of rotatable bonds is 5. The first-order valence-corrected chi connectivity index (χ1v) is 13.8. The van der Waals surface area contributed by atoms with E-state index in [1.54, 1.807) is 0 Å². The average Bonchev–Trinajstić information content (AvgIpc) is 3.20. The fourth-order valence-electron chi connectivity index (χ4n) is 4.62. The Balaban J connectivity index is 1.45. The summed E-state index contributed by atoms with van der Waals surface area (Å²) >= 11 is 1.46. The standard InChI is InChI=1S/C26H26N4O2S2/c27-23-22-20(16-5-2-1-3-6-16)13-21(30-25(22)33-26(23)34(31)19-7-4-8-19)18-14-28-24(29-15-18)17-9-11-32-12-10-17/h1-3,5-6,13-15,17,19H,4,7-12,27H2. The van der Waals surface area contributed by atoms with E-state index in [2.05, 4.69) is 28.2 Å². The zero-order chi connectivity index (χ0) is 23.1. The van der Waals surface area contributed by atoms with Crippen LogP contribution in [0.5, 0.6) is 0 Å². The van der Waals surface area contributed by atoms with E-state index in [9.17, 15) is 4.21 Å². The molecule has 1 aliphatic carbocycles. The van der Waals surface area contributed by atoms with E-state index >= 15 is 0 Å². The van der Waals surface area contributed by atoms with Crippen molar-refractivity contribution in [3.8, 4) is 22.4 Å². The first-order chi connectivity index (χ1) is 16.7.